The van der Waals surface area contributed by atoms with Crippen LogP contribution < -0.4 is 4.90 Å². The first-order valence-corrected chi connectivity index (χ1v) is 4.68. The second kappa shape index (κ2) is 3.18. The van der Waals surface area contributed by atoms with Gasteiger partial charge < -0.3 is 9.32 Å². The second-order valence-electron chi connectivity index (χ2n) is 2.75. The third kappa shape index (κ3) is 1.55. The Hall–Kier alpha value is -1.36. The first-order valence-electron chi connectivity index (χ1n) is 3.80. The first kappa shape index (κ1) is 8.25. The SMILES string of the molecule is CN(C)c1nc(-c2ncco2)cs1. The van der Waals surface area contributed by atoms with Gasteiger partial charge >= 0.3 is 0 Å². The summed E-state index contributed by atoms with van der Waals surface area (Å²) in [5, 5.41) is 2.88. The largest absolute Gasteiger partial charge is 0.443 e. The fourth-order valence-electron chi connectivity index (χ4n) is 0.918. The van der Waals surface area contributed by atoms with Crippen molar-refractivity contribution in [1.82, 2.24) is 9.97 Å². The third-order valence-corrected chi connectivity index (χ3v) is 2.53. The Balaban J connectivity index is 2.33. The van der Waals surface area contributed by atoms with Gasteiger partial charge in [-0.2, -0.15) is 0 Å². The number of anilines is 1. The maximum atomic E-state index is 5.13. The van der Waals surface area contributed by atoms with Gasteiger partial charge in [-0.1, -0.05) is 0 Å². The van der Waals surface area contributed by atoms with Gasteiger partial charge in [-0.25, -0.2) is 9.97 Å². The molecule has 2 heterocycles. The first-order chi connectivity index (χ1) is 6.27. The predicted octanol–water partition coefficient (Wildman–Crippen LogP) is 1.86. The van der Waals surface area contributed by atoms with E-state index in [2.05, 4.69) is 9.97 Å². The molecule has 5 heteroatoms. The number of thiazole rings is 1. The van der Waals surface area contributed by atoms with Crippen molar-refractivity contribution in [2.45, 2.75) is 0 Å². The molecule has 2 aromatic heterocycles. The van der Waals surface area contributed by atoms with Gasteiger partial charge in [0.2, 0.25) is 5.89 Å². The van der Waals surface area contributed by atoms with Crippen molar-refractivity contribution in [2.24, 2.45) is 0 Å². The molecule has 0 bridgehead atoms. The molecule has 13 heavy (non-hydrogen) atoms. The molecule has 68 valence electrons. The number of nitrogens with zero attached hydrogens (tertiary/aromatic N) is 3. The highest BCUT2D eigenvalue weighted by Gasteiger charge is 2.08. The average molecular weight is 195 g/mol. The zero-order chi connectivity index (χ0) is 9.26. The van der Waals surface area contributed by atoms with E-state index in [4.69, 9.17) is 4.42 Å². The molecule has 0 unspecified atom stereocenters. The summed E-state index contributed by atoms with van der Waals surface area (Å²) in [6.45, 7) is 0. The molecule has 0 N–H and O–H groups in total. The lowest BCUT2D eigenvalue weighted by molar-refractivity contribution is 0.572. The Kier molecular flexibility index (Phi) is 2.02. The van der Waals surface area contributed by atoms with Crippen LogP contribution in [0.25, 0.3) is 11.6 Å². The molecule has 0 spiro atoms. The molecule has 0 aromatic carbocycles. The molecule has 0 saturated heterocycles. The quantitative estimate of drug-likeness (QED) is 0.733. The van der Waals surface area contributed by atoms with Crippen LogP contribution in [-0.4, -0.2) is 24.1 Å². The highest BCUT2D eigenvalue weighted by atomic mass is 32.1. The van der Waals surface area contributed by atoms with E-state index >= 15 is 0 Å². The number of aromatic nitrogens is 2. The maximum Gasteiger partial charge on any atom is 0.245 e. The topological polar surface area (TPSA) is 42.2 Å². The average Bonchev–Trinajstić information content (AvgIpc) is 2.75. The van der Waals surface area contributed by atoms with Gasteiger partial charge in [-0.05, 0) is 0 Å². The maximum absolute atomic E-state index is 5.13. The Labute approximate surface area is 79.9 Å². The standard InChI is InChI=1S/C8H9N3OS/c1-11(2)8-10-6(5-13-8)7-9-3-4-12-7/h3-5H,1-2H3. The van der Waals surface area contributed by atoms with Crippen molar-refractivity contribution in [2.75, 3.05) is 19.0 Å². The summed E-state index contributed by atoms with van der Waals surface area (Å²) in [5.74, 6) is 0.573. The summed E-state index contributed by atoms with van der Waals surface area (Å²) in [7, 11) is 3.91. The van der Waals surface area contributed by atoms with Crippen LogP contribution >= 0.6 is 11.3 Å². The molecule has 2 aromatic rings. The van der Waals surface area contributed by atoms with Gasteiger partial charge in [-0.3, -0.25) is 0 Å². The van der Waals surface area contributed by atoms with E-state index in [1.54, 1.807) is 23.8 Å². The summed E-state index contributed by atoms with van der Waals surface area (Å²) in [6, 6.07) is 0. The molecule has 0 aliphatic heterocycles. The van der Waals surface area contributed by atoms with Crippen LogP contribution in [0, 0.1) is 0 Å². The van der Waals surface area contributed by atoms with Crippen LogP contribution in [0.15, 0.2) is 22.3 Å². The summed E-state index contributed by atoms with van der Waals surface area (Å²) in [6.07, 6.45) is 3.16. The smallest absolute Gasteiger partial charge is 0.245 e. The summed E-state index contributed by atoms with van der Waals surface area (Å²) < 4.78 is 5.13. The molecular weight excluding hydrogens is 186 g/mol. The van der Waals surface area contributed by atoms with E-state index in [0.29, 0.717) is 5.89 Å². The highest BCUT2D eigenvalue weighted by molar-refractivity contribution is 7.14. The van der Waals surface area contributed by atoms with Crippen LogP contribution in [-0.2, 0) is 0 Å². The summed E-state index contributed by atoms with van der Waals surface area (Å²) in [4.78, 5) is 10.3. The molecule has 4 nitrogen and oxygen atoms in total. The molecular formula is C8H9N3OS. The van der Waals surface area contributed by atoms with Gasteiger partial charge in [0.1, 0.15) is 12.0 Å². The molecule has 0 amide bonds. The van der Waals surface area contributed by atoms with E-state index < -0.39 is 0 Å². The van der Waals surface area contributed by atoms with Crippen molar-refractivity contribution >= 4 is 16.5 Å². The van der Waals surface area contributed by atoms with Crippen LogP contribution in [0.5, 0.6) is 0 Å². The van der Waals surface area contributed by atoms with Crippen LogP contribution in [0.2, 0.25) is 0 Å². The van der Waals surface area contributed by atoms with Crippen LogP contribution in [0.4, 0.5) is 5.13 Å². The lowest BCUT2D eigenvalue weighted by Gasteiger charge is -2.04. The van der Waals surface area contributed by atoms with Gasteiger partial charge in [-0.15, -0.1) is 11.3 Å². The Morgan fingerprint density at radius 3 is 2.85 bits per heavy atom. The van der Waals surface area contributed by atoms with Crippen molar-refractivity contribution < 1.29 is 4.42 Å². The molecule has 2 rings (SSSR count). The van der Waals surface area contributed by atoms with Crippen molar-refractivity contribution in [3.05, 3.63) is 17.8 Å². The molecule has 0 saturated carbocycles. The van der Waals surface area contributed by atoms with E-state index in [-0.39, 0.29) is 0 Å². The zero-order valence-electron chi connectivity index (χ0n) is 7.39. The minimum Gasteiger partial charge on any atom is -0.443 e. The molecule has 0 fully saturated rings. The lowest BCUT2D eigenvalue weighted by Crippen LogP contribution is -2.07. The van der Waals surface area contributed by atoms with Crippen molar-refractivity contribution in [1.29, 1.82) is 0 Å². The fraction of sp³-hybridized carbons (Fsp3) is 0.250. The second-order valence-corrected chi connectivity index (χ2v) is 3.58. The van der Waals surface area contributed by atoms with Gasteiger partial charge in [0.15, 0.2) is 5.13 Å². The fourth-order valence-corrected chi connectivity index (χ4v) is 1.65. The summed E-state index contributed by atoms with van der Waals surface area (Å²) >= 11 is 1.57. The van der Waals surface area contributed by atoms with Crippen molar-refractivity contribution in [3.8, 4) is 11.6 Å². The normalized spacial score (nSPS) is 10.3. The molecule has 0 atom stereocenters. The lowest BCUT2D eigenvalue weighted by atomic mass is 10.5. The monoisotopic (exact) mass is 195 g/mol. The van der Waals surface area contributed by atoms with E-state index in [1.807, 2.05) is 24.4 Å². The number of oxazole rings is 1. The van der Waals surface area contributed by atoms with Crippen molar-refractivity contribution in [3.63, 3.8) is 0 Å². The van der Waals surface area contributed by atoms with Gasteiger partial charge in [0, 0.05) is 19.5 Å². The summed E-state index contributed by atoms with van der Waals surface area (Å²) in [5.41, 5.74) is 0.790. The van der Waals surface area contributed by atoms with Gasteiger partial charge in [0.05, 0.1) is 6.20 Å². The van der Waals surface area contributed by atoms with E-state index in [0.717, 1.165) is 10.8 Å². The molecule has 0 aliphatic rings. The van der Waals surface area contributed by atoms with E-state index in [9.17, 15) is 0 Å². The van der Waals surface area contributed by atoms with E-state index in [1.165, 1.54) is 0 Å². The minimum atomic E-state index is 0.573. The zero-order valence-corrected chi connectivity index (χ0v) is 8.21. The Bertz CT molecular complexity index is 380. The minimum absolute atomic E-state index is 0.573. The van der Waals surface area contributed by atoms with Crippen LogP contribution in [0.1, 0.15) is 0 Å². The number of hydrogen-bond acceptors (Lipinski definition) is 5. The van der Waals surface area contributed by atoms with Crippen LogP contribution in [0.3, 0.4) is 0 Å². The predicted molar refractivity (Wildman–Crippen MR) is 51.9 cm³/mol. The molecule has 0 radical (unpaired) electrons. The Morgan fingerprint density at radius 2 is 2.31 bits per heavy atom. The number of hydrogen-bond donors (Lipinski definition) is 0. The third-order valence-electron chi connectivity index (χ3n) is 1.53. The van der Waals surface area contributed by atoms with Gasteiger partial charge in [0.25, 0.3) is 0 Å². The Morgan fingerprint density at radius 1 is 1.46 bits per heavy atom. The highest BCUT2D eigenvalue weighted by Crippen LogP contribution is 2.24. The molecule has 0 aliphatic carbocycles. The number of rotatable bonds is 2.